The number of benzene rings is 1. The molecule has 0 radical (unpaired) electrons. The number of phenolic OH excluding ortho intramolecular Hbond substituents is 1. The summed E-state index contributed by atoms with van der Waals surface area (Å²) in [6.45, 7) is 2.98. The Labute approximate surface area is 92.5 Å². The largest absolute Gasteiger partial charge is 0.508 e. The lowest BCUT2D eigenvalue weighted by Gasteiger charge is -2.06. The summed E-state index contributed by atoms with van der Waals surface area (Å²) in [5.74, 6) is 1.17. The molecule has 2 unspecified atom stereocenters. The molecule has 1 saturated carbocycles. The number of hydrogen-bond acceptors (Lipinski definition) is 2. The first kappa shape index (κ1) is 9.99. The first-order valence-corrected chi connectivity index (χ1v) is 5.67. The SMILES string of the molecule is CC1CC1NCc1cc(Br)ccc1O. The lowest BCUT2D eigenvalue weighted by molar-refractivity contribution is 0.463. The summed E-state index contributed by atoms with van der Waals surface area (Å²) in [5.41, 5.74) is 0.957. The van der Waals surface area contributed by atoms with Crippen molar-refractivity contribution in [1.29, 1.82) is 0 Å². The molecule has 0 amide bonds. The van der Waals surface area contributed by atoms with Gasteiger partial charge in [0.2, 0.25) is 0 Å². The van der Waals surface area contributed by atoms with Gasteiger partial charge >= 0.3 is 0 Å². The van der Waals surface area contributed by atoms with E-state index in [0.29, 0.717) is 11.8 Å². The summed E-state index contributed by atoms with van der Waals surface area (Å²) in [6, 6.07) is 6.17. The molecule has 0 bridgehead atoms. The van der Waals surface area contributed by atoms with Crippen LogP contribution in [0.5, 0.6) is 5.75 Å². The molecule has 0 saturated heterocycles. The second kappa shape index (κ2) is 3.91. The van der Waals surface area contributed by atoms with Gasteiger partial charge in [-0.15, -0.1) is 0 Å². The summed E-state index contributed by atoms with van der Waals surface area (Å²) in [6.07, 6.45) is 1.26. The maximum Gasteiger partial charge on any atom is 0.120 e. The van der Waals surface area contributed by atoms with E-state index in [1.807, 2.05) is 12.1 Å². The molecule has 0 aromatic heterocycles. The van der Waals surface area contributed by atoms with Crippen LogP contribution in [0.2, 0.25) is 0 Å². The van der Waals surface area contributed by atoms with E-state index < -0.39 is 0 Å². The van der Waals surface area contributed by atoms with Crippen LogP contribution in [-0.2, 0) is 6.54 Å². The van der Waals surface area contributed by atoms with Crippen LogP contribution >= 0.6 is 15.9 Å². The molecule has 1 aromatic rings. The standard InChI is InChI=1S/C11H14BrNO/c1-7-4-10(7)13-6-8-5-9(12)2-3-11(8)14/h2-3,5,7,10,13-14H,4,6H2,1H3. The fraction of sp³-hybridized carbons (Fsp3) is 0.455. The van der Waals surface area contributed by atoms with Crippen LogP contribution in [0.25, 0.3) is 0 Å². The second-order valence-electron chi connectivity index (χ2n) is 3.97. The molecule has 1 aromatic carbocycles. The van der Waals surface area contributed by atoms with Gasteiger partial charge in [0, 0.05) is 22.6 Å². The van der Waals surface area contributed by atoms with Crippen molar-refractivity contribution < 1.29 is 5.11 Å². The molecular formula is C11H14BrNO. The van der Waals surface area contributed by atoms with Gasteiger partial charge in [-0.2, -0.15) is 0 Å². The zero-order chi connectivity index (χ0) is 10.1. The molecule has 2 rings (SSSR count). The predicted molar refractivity (Wildman–Crippen MR) is 60.2 cm³/mol. The fourth-order valence-electron chi connectivity index (χ4n) is 1.54. The van der Waals surface area contributed by atoms with Crippen molar-refractivity contribution in [2.24, 2.45) is 5.92 Å². The van der Waals surface area contributed by atoms with Crippen LogP contribution in [0.1, 0.15) is 18.9 Å². The number of rotatable bonds is 3. The molecule has 76 valence electrons. The summed E-state index contributed by atoms with van der Waals surface area (Å²) in [5, 5.41) is 13.0. The monoisotopic (exact) mass is 255 g/mol. The van der Waals surface area contributed by atoms with Crippen LogP contribution in [0, 0.1) is 5.92 Å². The number of aromatic hydroxyl groups is 1. The highest BCUT2D eigenvalue weighted by molar-refractivity contribution is 9.10. The van der Waals surface area contributed by atoms with E-state index in [1.165, 1.54) is 6.42 Å². The third-order valence-corrected chi connectivity index (χ3v) is 3.20. The average Bonchev–Trinajstić information content (AvgIpc) is 2.84. The smallest absolute Gasteiger partial charge is 0.120 e. The minimum atomic E-state index is 0.369. The van der Waals surface area contributed by atoms with Gasteiger partial charge in [0.05, 0.1) is 0 Å². The summed E-state index contributed by atoms with van der Waals surface area (Å²) < 4.78 is 1.01. The Morgan fingerprint density at radius 2 is 2.29 bits per heavy atom. The third-order valence-electron chi connectivity index (χ3n) is 2.71. The van der Waals surface area contributed by atoms with E-state index in [4.69, 9.17) is 0 Å². The molecule has 1 aliphatic carbocycles. The summed E-state index contributed by atoms with van der Waals surface area (Å²) in [7, 11) is 0. The first-order valence-electron chi connectivity index (χ1n) is 4.87. The number of hydrogen-bond donors (Lipinski definition) is 2. The molecular weight excluding hydrogens is 242 g/mol. The maximum atomic E-state index is 9.57. The molecule has 3 heteroatoms. The normalized spacial score (nSPS) is 25.0. The lowest BCUT2D eigenvalue weighted by Crippen LogP contribution is -2.17. The van der Waals surface area contributed by atoms with Crippen molar-refractivity contribution in [2.45, 2.75) is 25.9 Å². The van der Waals surface area contributed by atoms with Crippen molar-refractivity contribution in [1.82, 2.24) is 5.32 Å². The van der Waals surface area contributed by atoms with Crippen molar-refractivity contribution in [2.75, 3.05) is 0 Å². The van der Waals surface area contributed by atoms with Gasteiger partial charge in [0.25, 0.3) is 0 Å². The Hall–Kier alpha value is -0.540. The van der Waals surface area contributed by atoms with E-state index in [-0.39, 0.29) is 0 Å². The molecule has 2 atom stereocenters. The highest BCUT2D eigenvalue weighted by Gasteiger charge is 2.31. The predicted octanol–water partition coefficient (Wildman–Crippen LogP) is 2.65. The van der Waals surface area contributed by atoms with E-state index >= 15 is 0 Å². The Balaban J connectivity index is 1.97. The van der Waals surface area contributed by atoms with Gasteiger partial charge in [-0.05, 0) is 30.5 Å². The van der Waals surface area contributed by atoms with Gasteiger partial charge in [-0.3, -0.25) is 0 Å². The topological polar surface area (TPSA) is 32.3 Å². The van der Waals surface area contributed by atoms with Crippen LogP contribution < -0.4 is 5.32 Å². The van der Waals surface area contributed by atoms with Crippen LogP contribution in [0.4, 0.5) is 0 Å². The Morgan fingerprint density at radius 3 is 2.93 bits per heavy atom. The van der Waals surface area contributed by atoms with Crippen LogP contribution in [0.15, 0.2) is 22.7 Å². The van der Waals surface area contributed by atoms with Gasteiger partial charge in [-0.25, -0.2) is 0 Å². The highest BCUT2D eigenvalue weighted by atomic mass is 79.9. The molecule has 2 nitrogen and oxygen atoms in total. The maximum absolute atomic E-state index is 9.57. The molecule has 1 fully saturated rings. The van der Waals surface area contributed by atoms with E-state index in [9.17, 15) is 5.11 Å². The summed E-state index contributed by atoms with van der Waals surface area (Å²) in [4.78, 5) is 0. The highest BCUT2D eigenvalue weighted by Crippen LogP contribution is 2.30. The minimum Gasteiger partial charge on any atom is -0.508 e. The number of phenols is 1. The van der Waals surface area contributed by atoms with Crippen molar-refractivity contribution in [3.63, 3.8) is 0 Å². The first-order chi connectivity index (χ1) is 6.66. The quantitative estimate of drug-likeness (QED) is 0.871. The molecule has 0 heterocycles. The van der Waals surface area contributed by atoms with Crippen molar-refractivity contribution in [3.05, 3.63) is 28.2 Å². The second-order valence-corrected chi connectivity index (χ2v) is 4.89. The molecule has 0 aliphatic heterocycles. The Morgan fingerprint density at radius 1 is 1.57 bits per heavy atom. The van der Waals surface area contributed by atoms with Crippen molar-refractivity contribution >= 4 is 15.9 Å². The van der Waals surface area contributed by atoms with Crippen LogP contribution in [-0.4, -0.2) is 11.1 Å². The van der Waals surface area contributed by atoms with Crippen LogP contribution in [0.3, 0.4) is 0 Å². The van der Waals surface area contributed by atoms with E-state index in [2.05, 4.69) is 28.2 Å². The summed E-state index contributed by atoms with van der Waals surface area (Å²) >= 11 is 3.39. The molecule has 2 N–H and O–H groups in total. The van der Waals surface area contributed by atoms with Crippen molar-refractivity contribution in [3.8, 4) is 5.75 Å². The fourth-order valence-corrected chi connectivity index (χ4v) is 1.95. The average molecular weight is 256 g/mol. The van der Waals surface area contributed by atoms with Gasteiger partial charge in [-0.1, -0.05) is 22.9 Å². The lowest BCUT2D eigenvalue weighted by atomic mass is 10.2. The molecule has 0 spiro atoms. The molecule has 1 aliphatic rings. The van der Waals surface area contributed by atoms with E-state index in [1.54, 1.807) is 6.07 Å². The number of halogens is 1. The molecule has 14 heavy (non-hydrogen) atoms. The van der Waals surface area contributed by atoms with Gasteiger partial charge < -0.3 is 10.4 Å². The van der Waals surface area contributed by atoms with Gasteiger partial charge in [0.15, 0.2) is 0 Å². The van der Waals surface area contributed by atoms with Gasteiger partial charge in [0.1, 0.15) is 5.75 Å². The Kier molecular flexibility index (Phi) is 2.79. The Bertz CT molecular complexity index is 340. The third kappa shape index (κ3) is 2.28. The van der Waals surface area contributed by atoms with E-state index in [0.717, 1.165) is 22.5 Å². The zero-order valence-electron chi connectivity index (χ0n) is 8.13. The number of nitrogens with one attached hydrogen (secondary N) is 1. The zero-order valence-corrected chi connectivity index (χ0v) is 9.71. The minimum absolute atomic E-state index is 0.369.